The molecule has 4 N–H and O–H groups in total. The molecule has 2 fully saturated rings. The Bertz CT molecular complexity index is 1920. The van der Waals surface area contributed by atoms with E-state index in [1.165, 1.54) is 0 Å². The van der Waals surface area contributed by atoms with Gasteiger partial charge in [-0.3, -0.25) is 24.0 Å². The predicted molar refractivity (Wildman–Crippen MR) is 227 cm³/mol. The molecular weight excluding hydrogens is 855 g/mol. The minimum absolute atomic E-state index is 0.0260. The predicted octanol–water partition coefficient (Wildman–Crippen LogP) is 1.74. The summed E-state index contributed by atoms with van der Waals surface area (Å²) in [4.78, 5) is 65.8. The van der Waals surface area contributed by atoms with Crippen LogP contribution in [0.15, 0.2) is 42.5 Å². The molecule has 0 saturated carbocycles. The number of fused-ring (bicyclic) bond motifs is 1. The first-order valence-corrected chi connectivity index (χ1v) is 22.0. The van der Waals surface area contributed by atoms with Crippen molar-refractivity contribution in [1.82, 2.24) is 25.8 Å². The first kappa shape index (κ1) is 50.7. The number of nitriles is 1. The van der Waals surface area contributed by atoms with E-state index in [1.807, 2.05) is 18.2 Å². The van der Waals surface area contributed by atoms with Gasteiger partial charge in [0.1, 0.15) is 17.8 Å². The number of alkyl halides is 2. The van der Waals surface area contributed by atoms with Gasteiger partial charge in [-0.05, 0) is 47.2 Å². The smallest absolute Gasteiger partial charge is 0.268 e. The molecule has 20 heteroatoms. The number of halogens is 2. The molecule has 0 bridgehead atoms. The maximum atomic E-state index is 13.9. The number of nitrogens with zero attached hydrogens (tertiary/aromatic N) is 3. The Morgan fingerprint density at radius 2 is 1.40 bits per heavy atom. The van der Waals surface area contributed by atoms with E-state index in [1.54, 1.807) is 35.2 Å². The van der Waals surface area contributed by atoms with Crippen molar-refractivity contribution in [2.75, 3.05) is 92.4 Å². The van der Waals surface area contributed by atoms with Gasteiger partial charge in [0.25, 0.3) is 5.92 Å². The minimum Gasteiger partial charge on any atom is -0.508 e. The highest BCUT2D eigenvalue weighted by atomic mass is 19.3. The summed E-state index contributed by atoms with van der Waals surface area (Å²) < 4.78 is 60.8. The molecule has 0 aliphatic carbocycles. The highest BCUT2D eigenvalue weighted by molar-refractivity contribution is 5.94. The summed E-state index contributed by atoms with van der Waals surface area (Å²) in [6, 6.07) is 11.8. The monoisotopic (exact) mass is 914 g/mol. The van der Waals surface area contributed by atoms with Crippen LogP contribution in [0.4, 0.5) is 8.78 Å². The van der Waals surface area contributed by atoms with Crippen molar-refractivity contribution < 1.29 is 66.3 Å². The van der Waals surface area contributed by atoms with Crippen LogP contribution in [0.25, 0.3) is 0 Å². The molecule has 18 nitrogen and oxygen atoms in total. The van der Waals surface area contributed by atoms with Crippen molar-refractivity contribution in [3.8, 4) is 11.8 Å². The van der Waals surface area contributed by atoms with Gasteiger partial charge < -0.3 is 59.3 Å². The van der Waals surface area contributed by atoms with Gasteiger partial charge in [0.15, 0.2) is 0 Å². The molecule has 0 unspecified atom stereocenters. The number of phenolic OH excluding ortho intramolecular Hbond substituents is 1. The van der Waals surface area contributed by atoms with Crippen LogP contribution in [0.2, 0.25) is 0 Å². The maximum Gasteiger partial charge on any atom is 0.268 e. The van der Waals surface area contributed by atoms with Gasteiger partial charge in [-0.25, -0.2) is 8.78 Å². The highest BCUT2D eigenvalue weighted by Gasteiger charge is 2.50. The highest BCUT2D eigenvalue weighted by Crippen LogP contribution is 2.34. The fourth-order valence-corrected chi connectivity index (χ4v) is 7.54. The van der Waals surface area contributed by atoms with E-state index >= 15 is 0 Å². The molecule has 5 rings (SSSR count). The third-order valence-electron chi connectivity index (χ3n) is 11.0. The number of aryl methyl sites for hydroxylation is 1. The number of rotatable bonds is 29. The fraction of sp³-hybridized carbons (Fsp3) is 0.600. The van der Waals surface area contributed by atoms with Crippen molar-refractivity contribution in [3.05, 3.63) is 64.7 Å². The quantitative estimate of drug-likeness (QED) is 0.0855. The van der Waals surface area contributed by atoms with E-state index < -0.39 is 48.7 Å². The van der Waals surface area contributed by atoms with Crippen LogP contribution in [0, 0.1) is 17.2 Å². The summed E-state index contributed by atoms with van der Waals surface area (Å²) in [5, 5.41) is 26.8. The van der Waals surface area contributed by atoms with Crippen LogP contribution in [0.5, 0.6) is 5.75 Å². The summed E-state index contributed by atoms with van der Waals surface area (Å²) in [6.07, 6.45) is 0.184. The molecule has 2 aromatic rings. The first-order valence-electron chi connectivity index (χ1n) is 22.0. The van der Waals surface area contributed by atoms with E-state index in [2.05, 4.69) is 16.0 Å². The average Bonchev–Trinajstić information content (AvgIpc) is 3.99. The van der Waals surface area contributed by atoms with Crippen LogP contribution in [0.1, 0.15) is 54.4 Å². The number of carbonyl (C=O) groups excluding carboxylic acids is 5. The van der Waals surface area contributed by atoms with Crippen molar-refractivity contribution in [2.45, 2.75) is 76.2 Å². The Morgan fingerprint density at radius 1 is 0.800 bits per heavy atom. The zero-order valence-corrected chi connectivity index (χ0v) is 36.6. The lowest BCUT2D eigenvalue weighted by Gasteiger charge is -2.22. The van der Waals surface area contributed by atoms with Gasteiger partial charge in [0.2, 0.25) is 29.5 Å². The summed E-state index contributed by atoms with van der Waals surface area (Å²) in [5.74, 6) is -5.58. The molecule has 0 radical (unpaired) electrons. The van der Waals surface area contributed by atoms with Crippen molar-refractivity contribution >= 4 is 29.5 Å². The molecule has 3 atom stereocenters. The van der Waals surface area contributed by atoms with E-state index in [4.69, 9.17) is 28.4 Å². The van der Waals surface area contributed by atoms with E-state index in [9.17, 15) is 43.1 Å². The van der Waals surface area contributed by atoms with Crippen LogP contribution < -0.4 is 16.0 Å². The second kappa shape index (κ2) is 26.6. The zero-order valence-electron chi connectivity index (χ0n) is 36.6. The zero-order chi connectivity index (χ0) is 46.4. The second-order valence-corrected chi connectivity index (χ2v) is 15.9. The fourth-order valence-electron chi connectivity index (χ4n) is 7.54. The van der Waals surface area contributed by atoms with Gasteiger partial charge in [0.05, 0.1) is 91.9 Å². The van der Waals surface area contributed by atoms with Crippen LogP contribution in [0.3, 0.4) is 0 Å². The Balaban J connectivity index is 0.800. The lowest BCUT2D eigenvalue weighted by Crippen LogP contribution is -2.46. The number of aromatic hydroxyl groups is 1. The van der Waals surface area contributed by atoms with Gasteiger partial charge in [0, 0.05) is 57.8 Å². The topological polar surface area (TPSA) is 227 Å². The lowest BCUT2D eigenvalue weighted by atomic mass is 9.99. The molecular formula is C45H60F2N6O12. The maximum absolute atomic E-state index is 13.9. The Morgan fingerprint density at radius 3 is 2.03 bits per heavy atom. The molecule has 2 saturated heterocycles. The molecule has 0 aromatic heterocycles. The van der Waals surface area contributed by atoms with Gasteiger partial charge in [-0.1, -0.05) is 30.3 Å². The number of hydrogen-bond donors (Lipinski definition) is 4. The molecule has 65 heavy (non-hydrogen) atoms. The number of carbonyl (C=O) groups is 5. The summed E-state index contributed by atoms with van der Waals surface area (Å²) in [6.45, 7) is 4.94. The lowest BCUT2D eigenvalue weighted by molar-refractivity contribution is -0.135. The number of nitrogens with one attached hydrogen (secondary N) is 3. The molecule has 3 aliphatic rings. The number of benzene rings is 2. The third kappa shape index (κ3) is 17.2. The molecule has 2 aromatic carbocycles. The van der Waals surface area contributed by atoms with Crippen LogP contribution in [-0.4, -0.2) is 155 Å². The minimum atomic E-state index is -3.18. The average molecular weight is 915 g/mol. The van der Waals surface area contributed by atoms with Crippen molar-refractivity contribution in [1.29, 1.82) is 5.26 Å². The van der Waals surface area contributed by atoms with Gasteiger partial charge >= 0.3 is 0 Å². The van der Waals surface area contributed by atoms with Gasteiger partial charge in [-0.15, -0.1) is 0 Å². The second-order valence-electron chi connectivity index (χ2n) is 15.9. The van der Waals surface area contributed by atoms with E-state index in [-0.39, 0.29) is 62.4 Å². The SMILES string of the molecule is N#C[C@@H]1CC(F)(F)CN1C(=O)[C@H]1C[C@@H](CC(=O)N2Cc3cccc(CNC(=O)CCOCCOCCOCCOCCOCCOCCNC(=O)CCc4ccc(O)cc4)c3C2)C(=O)N1. The summed E-state index contributed by atoms with van der Waals surface area (Å²) in [7, 11) is 0. The van der Waals surface area contributed by atoms with E-state index in [0.717, 1.165) is 27.2 Å². The van der Waals surface area contributed by atoms with Crippen LogP contribution >= 0.6 is 0 Å². The first-order chi connectivity index (χ1) is 31.4. The van der Waals surface area contributed by atoms with Crippen molar-refractivity contribution in [3.63, 3.8) is 0 Å². The normalized spacial score (nSPS) is 18.6. The molecule has 5 amide bonds. The number of phenols is 1. The van der Waals surface area contributed by atoms with Gasteiger partial charge in [-0.2, -0.15) is 5.26 Å². The molecule has 3 aliphatic heterocycles. The van der Waals surface area contributed by atoms with E-state index in [0.29, 0.717) is 98.6 Å². The summed E-state index contributed by atoms with van der Waals surface area (Å²) >= 11 is 0. The summed E-state index contributed by atoms with van der Waals surface area (Å²) in [5.41, 5.74) is 3.68. The standard InChI is InChI=1S/C45H60F2N6O12/c46-45(47)26-36(27-48)53(31-45)44(59)39-24-35(43(58)51-39)25-42(57)52-29-34-3-1-2-33(38(34)30-52)28-50-41(56)10-12-60-14-16-62-18-20-64-22-23-65-21-19-63-17-15-61-13-11-49-40(55)9-6-32-4-7-37(54)8-5-32/h1-5,7-8,35-36,39,54H,6,9-26,28-31H2,(H,49,55)(H,50,56)(H,51,58)/t35-,36-,39+/m0/s1. The van der Waals surface area contributed by atoms with Crippen molar-refractivity contribution in [2.24, 2.45) is 5.92 Å². The Hall–Kier alpha value is -5.30. The number of amides is 5. The number of ether oxygens (including phenoxy) is 6. The Labute approximate surface area is 377 Å². The molecule has 0 spiro atoms. The number of hydrogen-bond acceptors (Lipinski definition) is 13. The number of likely N-dealkylation sites (tertiary alicyclic amines) is 1. The Kier molecular flexibility index (Phi) is 20.8. The third-order valence-corrected chi connectivity index (χ3v) is 11.0. The van der Waals surface area contributed by atoms with Crippen LogP contribution in [-0.2, 0) is 78.4 Å². The molecule has 3 heterocycles. The largest absolute Gasteiger partial charge is 0.508 e. The molecule has 356 valence electrons.